The van der Waals surface area contributed by atoms with E-state index in [1.807, 2.05) is 33.8 Å². The number of rotatable bonds is 3. The summed E-state index contributed by atoms with van der Waals surface area (Å²) in [6.45, 7) is 7.98. The smallest absolute Gasteiger partial charge is 0.262 e. The van der Waals surface area contributed by atoms with Gasteiger partial charge in [-0.05, 0) is 31.9 Å². The number of nitrogens with two attached hydrogens (primary N) is 1. The second-order valence-electron chi connectivity index (χ2n) is 5.71. The third kappa shape index (κ3) is 1.87. The Bertz CT molecular complexity index is 551. The lowest BCUT2D eigenvalue weighted by Gasteiger charge is -2.39. The Morgan fingerprint density at radius 2 is 1.79 bits per heavy atom. The van der Waals surface area contributed by atoms with Crippen LogP contribution in [0.25, 0.3) is 0 Å². The Morgan fingerprint density at radius 3 is 2.32 bits per heavy atom. The zero-order chi connectivity index (χ0) is 14.4. The summed E-state index contributed by atoms with van der Waals surface area (Å²) >= 11 is 0. The van der Waals surface area contributed by atoms with Crippen LogP contribution in [0.3, 0.4) is 0 Å². The molecule has 0 aliphatic carbocycles. The average Bonchev–Trinajstić information content (AvgIpc) is 2.61. The molecule has 2 amide bonds. The van der Waals surface area contributed by atoms with Gasteiger partial charge >= 0.3 is 0 Å². The normalized spacial score (nSPS) is 17.9. The summed E-state index contributed by atoms with van der Waals surface area (Å²) in [5.74, 6) is -0.368. The fourth-order valence-electron chi connectivity index (χ4n) is 2.40. The van der Waals surface area contributed by atoms with Gasteiger partial charge in [0.15, 0.2) is 0 Å². The molecule has 1 aromatic carbocycles. The lowest BCUT2D eigenvalue weighted by molar-refractivity contribution is 0.0372. The van der Waals surface area contributed by atoms with Gasteiger partial charge in [0.05, 0.1) is 16.7 Å². The first kappa shape index (κ1) is 13.7. The maximum atomic E-state index is 12.5. The SMILES string of the molecule is Cc1ccc2c(c1)C(=O)N(C(C)(CN)C(C)C)C2=O. The zero-order valence-corrected chi connectivity index (χ0v) is 11.9. The van der Waals surface area contributed by atoms with Crippen LogP contribution in [0.1, 0.15) is 47.1 Å². The van der Waals surface area contributed by atoms with Gasteiger partial charge in [0, 0.05) is 6.54 Å². The molecule has 19 heavy (non-hydrogen) atoms. The Hall–Kier alpha value is -1.68. The highest BCUT2D eigenvalue weighted by Gasteiger charge is 2.47. The first-order chi connectivity index (χ1) is 8.82. The van der Waals surface area contributed by atoms with Crippen molar-refractivity contribution in [3.63, 3.8) is 0 Å². The molecule has 0 fully saturated rings. The molecular weight excluding hydrogens is 240 g/mol. The summed E-state index contributed by atoms with van der Waals surface area (Å²) in [5.41, 5.74) is 7.13. The highest BCUT2D eigenvalue weighted by atomic mass is 16.2. The van der Waals surface area contributed by atoms with Gasteiger partial charge in [0.2, 0.25) is 0 Å². The Kier molecular flexibility index (Phi) is 3.22. The van der Waals surface area contributed by atoms with E-state index >= 15 is 0 Å². The summed E-state index contributed by atoms with van der Waals surface area (Å²) in [5, 5.41) is 0. The molecule has 0 spiro atoms. The van der Waals surface area contributed by atoms with Gasteiger partial charge in [0.25, 0.3) is 11.8 Å². The Morgan fingerprint density at radius 1 is 1.21 bits per heavy atom. The number of fused-ring (bicyclic) bond motifs is 1. The van der Waals surface area contributed by atoms with E-state index in [9.17, 15) is 9.59 Å². The van der Waals surface area contributed by atoms with E-state index in [1.54, 1.807) is 12.1 Å². The highest BCUT2D eigenvalue weighted by molar-refractivity contribution is 6.22. The van der Waals surface area contributed by atoms with Crippen molar-refractivity contribution in [2.24, 2.45) is 11.7 Å². The predicted octanol–water partition coefficient (Wildman–Crippen LogP) is 1.96. The molecule has 1 unspecified atom stereocenters. The summed E-state index contributed by atoms with van der Waals surface area (Å²) in [7, 11) is 0. The maximum absolute atomic E-state index is 12.5. The van der Waals surface area contributed by atoms with E-state index in [0.717, 1.165) is 5.56 Å². The molecular formula is C15H20N2O2. The second-order valence-corrected chi connectivity index (χ2v) is 5.71. The number of aryl methyl sites for hydroxylation is 1. The van der Waals surface area contributed by atoms with E-state index in [4.69, 9.17) is 5.73 Å². The maximum Gasteiger partial charge on any atom is 0.262 e. The summed E-state index contributed by atoms with van der Waals surface area (Å²) in [6, 6.07) is 5.34. The number of carbonyl (C=O) groups excluding carboxylic acids is 2. The molecule has 0 saturated heterocycles. The molecule has 1 aromatic rings. The lowest BCUT2D eigenvalue weighted by Crippen LogP contribution is -2.57. The summed E-state index contributed by atoms with van der Waals surface area (Å²) in [4.78, 5) is 26.3. The van der Waals surface area contributed by atoms with Crippen LogP contribution in [0, 0.1) is 12.8 Å². The monoisotopic (exact) mass is 260 g/mol. The van der Waals surface area contributed by atoms with Crippen molar-refractivity contribution in [3.8, 4) is 0 Å². The van der Waals surface area contributed by atoms with E-state index < -0.39 is 5.54 Å². The molecule has 102 valence electrons. The summed E-state index contributed by atoms with van der Waals surface area (Å²) in [6.07, 6.45) is 0. The molecule has 1 aliphatic heterocycles. The van der Waals surface area contributed by atoms with Gasteiger partial charge in [-0.3, -0.25) is 14.5 Å². The van der Waals surface area contributed by atoms with Crippen molar-refractivity contribution in [3.05, 3.63) is 34.9 Å². The van der Waals surface area contributed by atoms with Crippen molar-refractivity contribution in [2.45, 2.75) is 33.2 Å². The first-order valence-corrected chi connectivity index (χ1v) is 6.52. The van der Waals surface area contributed by atoms with Gasteiger partial charge < -0.3 is 5.73 Å². The van der Waals surface area contributed by atoms with Crippen LogP contribution in [0.15, 0.2) is 18.2 Å². The van der Waals surface area contributed by atoms with Crippen LogP contribution in [0.5, 0.6) is 0 Å². The summed E-state index contributed by atoms with van der Waals surface area (Å²) < 4.78 is 0. The van der Waals surface area contributed by atoms with Gasteiger partial charge in [-0.15, -0.1) is 0 Å². The van der Waals surface area contributed by atoms with E-state index in [2.05, 4.69) is 0 Å². The van der Waals surface area contributed by atoms with Crippen LogP contribution >= 0.6 is 0 Å². The van der Waals surface area contributed by atoms with Gasteiger partial charge in [-0.25, -0.2) is 0 Å². The number of hydrogen-bond acceptors (Lipinski definition) is 3. The molecule has 2 rings (SSSR count). The van der Waals surface area contributed by atoms with Crippen molar-refractivity contribution in [2.75, 3.05) is 6.54 Å². The highest BCUT2D eigenvalue weighted by Crippen LogP contribution is 2.33. The standard InChI is InChI=1S/C15H20N2O2/c1-9(2)15(4,8-16)17-13(18)11-6-5-10(3)7-12(11)14(17)19/h5-7,9H,8,16H2,1-4H3. The molecule has 1 heterocycles. The van der Waals surface area contributed by atoms with Crippen molar-refractivity contribution in [1.29, 1.82) is 0 Å². The molecule has 0 bridgehead atoms. The molecule has 0 saturated carbocycles. The van der Waals surface area contributed by atoms with Crippen molar-refractivity contribution < 1.29 is 9.59 Å². The number of imide groups is 1. The molecule has 2 N–H and O–H groups in total. The molecule has 0 aromatic heterocycles. The third-order valence-corrected chi connectivity index (χ3v) is 4.21. The van der Waals surface area contributed by atoms with Crippen LogP contribution in [0.4, 0.5) is 0 Å². The van der Waals surface area contributed by atoms with Crippen LogP contribution in [-0.4, -0.2) is 28.8 Å². The van der Waals surface area contributed by atoms with Gasteiger partial charge in [-0.2, -0.15) is 0 Å². The quantitative estimate of drug-likeness (QED) is 0.845. The number of amides is 2. The van der Waals surface area contributed by atoms with E-state index in [1.165, 1.54) is 4.90 Å². The van der Waals surface area contributed by atoms with E-state index in [-0.39, 0.29) is 24.3 Å². The fraction of sp³-hybridized carbons (Fsp3) is 0.467. The zero-order valence-electron chi connectivity index (χ0n) is 11.9. The first-order valence-electron chi connectivity index (χ1n) is 6.52. The lowest BCUT2D eigenvalue weighted by atomic mass is 9.86. The van der Waals surface area contributed by atoms with Crippen LogP contribution in [-0.2, 0) is 0 Å². The van der Waals surface area contributed by atoms with Crippen molar-refractivity contribution in [1.82, 2.24) is 4.90 Å². The largest absolute Gasteiger partial charge is 0.328 e. The molecule has 0 radical (unpaired) electrons. The fourth-order valence-corrected chi connectivity index (χ4v) is 2.40. The number of carbonyl (C=O) groups is 2. The molecule has 4 nitrogen and oxygen atoms in total. The predicted molar refractivity (Wildman–Crippen MR) is 74.0 cm³/mol. The minimum Gasteiger partial charge on any atom is -0.328 e. The second kappa shape index (κ2) is 4.46. The average molecular weight is 260 g/mol. The third-order valence-electron chi connectivity index (χ3n) is 4.21. The molecule has 1 atom stereocenters. The van der Waals surface area contributed by atoms with Crippen molar-refractivity contribution >= 4 is 11.8 Å². The minimum absolute atomic E-state index is 0.0980. The van der Waals surface area contributed by atoms with Crippen LogP contribution < -0.4 is 5.73 Å². The minimum atomic E-state index is -0.652. The van der Waals surface area contributed by atoms with E-state index in [0.29, 0.717) is 11.1 Å². The van der Waals surface area contributed by atoms with Gasteiger partial charge in [-0.1, -0.05) is 25.5 Å². The Labute approximate surface area is 113 Å². The van der Waals surface area contributed by atoms with Crippen LogP contribution in [0.2, 0.25) is 0 Å². The van der Waals surface area contributed by atoms with Gasteiger partial charge in [0.1, 0.15) is 0 Å². The topological polar surface area (TPSA) is 63.4 Å². The number of benzene rings is 1. The molecule has 1 aliphatic rings. The number of hydrogen-bond donors (Lipinski definition) is 1. The molecule has 4 heteroatoms. The number of nitrogens with zero attached hydrogens (tertiary/aromatic N) is 1. The Balaban J connectivity index is 2.54.